The van der Waals surface area contributed by atoms with E-state index in [1.807, 2.05) is 66.7 Å². The van der Waals surface area contributed by atoms with Gasteiger partial charge in [0.05, 0.1) is 7.11 Å². The summed E-state index contributed by atoms with van der Waals surface area (Å²) in [5.74, 6) is -0.755. The number of fused-ring (bicyclic) bond motifs is 1. The minimum absolute atomic E-state index is 0.294. The summed E-state index contributed by atoms with van der Waals surface area (Å²) < 4.78 is 4.84. The Kier molecular flexibility index (Phi) is 5.09. The normalized spacial score (nSPS) is 11.7. The topological polar surface area (TPSA) is 55.4 Å². The van der Waals surface area contributed by atoms with Gasteiger partial charge in [-0.3, -0.25) is 4.79 Å². The van der Waals surface area contributed by atoms with E-state index in [4.69, 9.17) is 4.74 Å². The van der Waals surface area contributed by atoms with Crippen molar-refractivity contribution < 1.29 is 14.3 Å². The van der Waals surface area contributed by atoms with Crippen LogP contribution in [0.15, 0.2) is 72.8 Å². The Labute approximate surface area is 146 Å². The number of nitrogens with one attached hydrogen (secondary N) is 1. The number of ether oxygens (including phenoxy) is 1. The number of hydrogen-bond acceptors (Lipinski definition) is 3. The molecule has 0 saturated carbocycles. The second kappa shape index (κ2) is 7.62. The molecule has 3 aromatic carbocycles. The summed E-state index contributed by atoms with van der Waals surface area (Å²) in [5.41, 5.74) is 1.47. The van der Waals surface area contributed by atoms with Crippen LogP contribution in [0.4, 0.5) is 0 Å². The monoisotopic (exact) mass is 333 g/mol. The van der Waals surface area contributed by atoms with Gasteiger partial charge in [0.15, 0.2) is 0 Å². The van der Waals surface area contributed by atoms with E-state index < -0.39 is 12.0 Å². The standard InChI is InChI=1S/C21H19NO3/c1-25-21(24)19(13-15-7-3-2-4-8-15)22-20(23)18-12-11-16-9-5-6-10-17(16)14-18/h2-12,14,19H,13H2,1H3,(H,22,23)/t19-/m0/s1. The van der Waals surface area contributed by atoms with Gasteiger partial charge in [0.25, 0.3) is 5.91 Å². The van der Waals surface area contributed by atoms with Gasteiger partial charge in [-0.15, -0.1) is 0 Å². The van der Waals surface area contributed by atoms with Crippen molar-refractivity contribution in [2.45, 2.75) is 12.5 Å². The van der Waals surface area contributed by atoms with Crippen LogP contribution in [0, 0.1) is 0 Å². The van der Waals surface area contributed by atoms with Crippen LogP contribution in [-0.4, -0.2) is 25.0 Å². The number of amides is 1. The van der Waals surface area contributed by atoms with Crippen molar-refractivity contribution in [3.8, 4) is 0 Å². The molecule has 0 saturated heterocycles. The molecule has 0 aromatic heterocycles. The van der Waals surface area contributed by atoms with Gasteiger partial charge in [-0.1, -0.05) is 60.7 Å². The molecule has 0 aliphatic carbocycles. The van der Waals surface area contributed by atoms with Crippen LogP contribution in [0.25, 0.3) is 10.8 Å². The van der Waals surface area contributed by atoms with Gasteiger partial charge >= 0.3 is 5.97 Å². The fraction of sp³-hybridized carbons (Fsp3) is 0.143. The summed E-state index contributed by atoms with van der Waals surface area (Å²) >= 11 is 0. The molecule has 0 aliphatic heterocycles. The predicted molar refractivity (Wildman–Crippen MR) is 97.4 cm³/mol. The summed E-state index contributed by atoms with van der Waals surface area (Å²) in [6.07, 6.45) is 0.382. The summed E-state index contributed by atoms with van der Waals surface area (Å²) in [4.78, 5) is 24.6. The number of rotatable bonds is 5. The van der Waals surface area contributed by atoms with Gasteiger partial charge < -0.3 is 10.1 Å². The average Bonchev–Trinajstić information content (AvgIpc) is 2.67. The first-order chi connectivity index (χ1) is 12.2. The number of esters is 1. The van der Waals surface area contributed by atoms with Crippen LogP contribution in [-0.2, 0) is 16.0 Å². The van der Waals surface area contributed by atoms with E-state index in [9.17, 15) is 9.59 Å². The second-order valence-electron chi connectivity index (χ2n) is 5.80. The van der Waals surface area contributed by atoms with E-state index >= 15 is 0 Å². The van der Waals surface area contributed by atoms with Crippen molar-refractivity contribution in [1.29, 1.82) is 0 Å². The highest BCUT2D eigenvalue weighted by atomic mass is 16.5. The molecule has 0 heterocycles. The lowest BCUT2D eigenvalue weighted by Crippen LogP contribution is -2.43. The molecule has 1 atom stereocenters. The molecule has 25 heavy (non-hydrogen) atoms. The largest absolute Gasteiger partial charge is 0.467 e. The first kappa shape index (κ1) is 16.7. The zero-order valence-corrected chi connectivity index (χ0v) is 13.9. The molecular formula is C21H19NO3. The highest BCUT2D eigenvalue weighted by molar-refractivity contribution is 6.00. The molecule has 4 nitrogen and oxygen atoms in total. The lowest BCUT2D eigenvalue weighted by atomic mass is 10.0. The lowest BCUT2D eigenvalue weighted by Gasteiger charge is -2.17. The molecule has 1 N–H and O–H groups in total. The third kappa shape index (κ3) is 4.04. The first-order valence-electron chi connectivity index (χ1n) is 8.09. The summed E-state index contributed by atoms with van der Waals surface area (Å²) in [5, 5.41) is 4.83. The van der Waals surface area contributed by atoms with Crippen molar-refractivity contribution in [2.24, 2.45) is 0 Å². The van der Waals surface area contributed by atoms with Crippen LogP contribution in [0.3, 0.4) is 0 Å². The van der Waals surface area contributed by atoms with Crippen molar-refractivity contribution in [1.82, 2.24) is 5.32 Å². The SMILES string of the molecule is COC(=O)[C@H](Cc1ccccc1)NC(=O)c1ccc2ccccc2c1. The molecule has 0 fully saturated rings. The summed E-state index contributed by atoms with van der Waals surface area (Å²) in [7, 11) is 1.32. The van der Waals surface area contributed by atoms with Gasteiger partial charge in [0, 0.05) is 12.0 Å². The third-order valence-corrected chi connectivity index (χ3v) is 4.09. The van der Waals surface area contributed by atoms with Crippen molar-refractivity contribution in [3.63, 3.8) is 0 Å². The van der Waals surface area contributed by atoms with E-state index in [1.165, 1.54) is 7.11 Å². The first-order valence-corrected chi connectivity index (χ1v) is 8.09. The molecule has 0 unspecified atom stereocenters. The Morgan fingerprint density at radius 2 is 1.60 bits per heavy atom. The molecule has 1 amide bonds. The maximum Gasteiger partial charge on any atom is 0.328 e. The molecule has 126 valence electrons. The van der Waals surface area contributed by atoms with Crippen LogP contribution in [0.5, 0.6) is 0 Å². The summed E-state index contributed by atoms with van der Waals surface area (Å²) in [6.45, 7) is 0. The van der Waals surface area contributed by atoms with E-state index in [0.29, 0.717) is 12.0 Å². The van der Waals surface area contributed by atoms with Gasteiger partial charge in [-0.05, 0) is 28.5 Å². The molecule has 0 aliphatic rings. The average molecular weight is 333 g/mol. The number of methoxy groups -OCH3 is 1. The summed E-state index contributed by atoms with van der Waals surface area (Å²) in [6, 6.07) is 22.1. The Balaban J connectivity index is 1.79. The molecular weight excluding hydrogens is 314 g/mol. The van der Waals surface area contributed by atoms with Gasteiger partial charge in [0.1, 0.15) is 6.04 Å². The fourth-order valence-corrected chi connectivity index (χ4v) is 2.76. The number of carbonyl (C=O) groups is 2. The number of carbonyl (C=O) groups excluding carboxylic acids is 2. The molecule has 3 rings (SSSR count). The minimum Gasteiger partial charge on any atom is -0.467 e. The lowest BCUT2D eigenvalue weighted by molar-refractivity contribution is -0.142. The van der Waals surface area contributed by atoms with E-state index in [1.54, 1.807) is 6.07 Å². The highest BCUT2D eigenvalue weighted by Crippen LogP contribution is 2.16. The predicted octanol–water partition coefficient (Wildman–Crippen LogP) is 3.35. The van der Waals surface area contributed by atoms with Crippen LogP contribution < -0.4 is 5.32 Å². The zero-order valence-electron chi connectivity index (χ0n) is 13.9. The molecule has 0 bridgehead atoms. The van der Waals surface area contributed by atoms with Crippen LogP contribution in [0.2, 0.25) is 0 Å². The molecule has 0 radical (unpaired) electrons. The Morgan fingerprint density at radius 1 is 0.920 bits per heavy atom. The Hall–Kier alpha value is -3.14. The van der Waals surface area contributed by atoms with Gasteiger partial charge in [-0.25, -0.2) is 4.79 Å². The second-order valence-corrected chi connectivity index (χ2v) is 5.80. The number of hydrogen-bond donors (Lipinski definition) is 1. The third-order valence-electron chi connectivity index (χ3n) is 4.09. The molecule has 4 heteroatoms. The van der Waals surface area contributed by atoms with Crippen molar-refractivity contribution in [2.75, 3.05) is 7.11 Å². The minimum atomic E-state index is -0.730. The van der Waals surface area contributed by atoms with E-state index in [0.717, 1.165) is 16.3 Å². The van der Waals surface area contributed by atoms with Crippen molar-refractivity contribution >= 4 is 22.6 Å². The smallest absolute Gasteiger partial charge is 0.328 e. The van der Waals surface area contributed by atoms with E-state index in [-0.39, 0.29) is 5.91 Å². The van der Waals surface area contributed by atoms with Gasteiger partial charge in [-0.2, -0.15) is 0 Å². The van der Waals surface area contributed by atoms with E-state index in [2.05, 4.69) is 5.32 Å². The van der Waals surface area contributed by atoms with Crippen LogP contribution in [0.1, 0.15) is 15.9 Å². The zero-order chi connectivity index (χ0) is 17.6. The maximum atomic E-state index is 12.6. The Morgan fingerprint density at radius 3 is 2.32 bits per heavy atom. The fourth-order valence-electron chi connectivity index (χ4n) is 2.76. The molecule has 0 spiro atoms. The van der Waals surface area contributed by atoms with Crippen molar-refractivity contribution in [3.05, 3.63) is 83.9 Å². The maximum absolute atomic E-state index is 12.6. The number of benzene rings is 3. The highest BCUT2D eigenvalue weighted by Gasteiger charge is 2.22. The van der Waals surface area contributed by atoms with Crippen LogP contribution >= 0.6 is 0 Å². The van der Waals surface area contributed by atoms with Gasteiger partial charge in [0.2, 0.25) is 0 Å². The Bertz CT molecular complexity index is 890. The molecule has 3 aromatic rings. The quantitative estimate of drug-likeness (QED) is 0.729.